The van der Waals surface area contributed by atoms with Gasteiger partial charge in [-0.2, -0.15) is 0 Å². The molecule has 0 saturated heterocycles. The van der Waals surface area contributed by atoms with Crippen LogP contribution >= 0.6 is 0 Å². The molecule has 6 heteroatoms. The van der Waals surface area contributed by atoms with Gasteiger partial charge in [0.25, 0.3) is 5.95 Å². The molecule has 0 amide bonds. The van der Waals surface area contributed by atoms with Crippen molar-refractivity contribution < 1.29 is 4.79 Å². The highest BCUT2D eigenvalue weighted by atomic mass is 16.1. The molecule has 3 aromatic carbocycles. The highest BCUT2D eigenvalue weighted by Gasteiger charge is 2.34. The summed E-state index contributed by atoms with van der Waals surface area (Å²) in [6.07, 6.45) is 1.65. The maximum Gasteiger partial charge on any atom is 0.255 e. The molecule has 136 valence electrons. The van der Waals surface area contributed by atoms with Crippen LogP contribution in [-0.4, -0.2) is 20.5 Å². The number of aromatic nitrogens is 3. The molecule has 0 N–H and O–H groups in total. The summed E-state index contributed by atoms with van der Waals surface area (Å²) in [6, 6.07) is 25.8. The first-order valence-electron chi connectivity index (χ1n) is 9.00. The van der Waals surface area contributed by atoms with Gasteiger partial charge in [0.15, 0.2) is 5.78 Å². The Morgan fingerprint density at radius 1 is 0.786 bits per heavy atom. The highest BCUT2D eigenvalue weighted by Crippen LogP contribution is 2.44. The Labute approximate surface area is 162 Å². The number of hydrazine groups is 1. The molecule has 4 aromatic rings. The highest BCUT2D eigenvalue weighted by molar-refractivity contribution is 6.02. The standard InChI is InChI=1S/C22H17N5O/c1-16(28)19-13-8-14-20-21(19)25-15-23-24-22(25)27(18-11-6-3-7-12-18)26(20)17-9-4-2-5-10-17/h2-15H,1H3. The maximum absolute atomic E-state index is 12.4. The largest absolute Gasteiger partial charge is 0.294 e. The van der Waals surface area contributed by atoms with Crippen molar-refractivity contribution in [2.75, 3.05) is 10.0 Å². The Bertz CT molecular complexity index is 1150. The van der Waals surface area contributed by atoms with Gasteiger partial charge in [-0.25, -0.2) is 10.0 Å². The van der Waals surface area contributed by atoms with Crippen LogP contribution in [0.1, 0.15) is 17.3 Å². The van der Waals surface area contributed by atoms with Gasteiger partial charge in [-0.3, -0.25) is 9.36 Å². The second kappa shape index (κ2) is 6.35. The van der Waals surface area contributed by atoms with Crippen molar-refractivity contribution in [1.82, 2.24) is 14.8 Å². The van der Waals surface area contributed by atoms with E-state index in [1.165, 1.54) is 0 Å². The van der Waals surface area contributed by atoms with E-state index in [4.69, 9.17) is 0 Å². The third kappa shape index (κ3) is 2.39. The molecule has 1 aromatic heterocycles. The summed E-state index contributed by atoms with van der Waals surface area (Å²) in [5.41, 5.74) is 4.20. The zero-order valence-electron chi connectivity index (χ0n) is 15.2. The molecule has 5 rings (SSSR count). The van der Waals surface area contributed by atoms with Crippen molar-refractivity contribution in [3.8, 4) is 5.69 Å². The fourth-order valence-electron chi connectivity index (χ4n) is 3.59. The summed E-state index contributed by atoms with van der Waals surface area (Å²) in [4.78, 5) is 12.4. The first-order valence-corrected chi connectivity index (χ1v) is 9.00. The van der Waals surface area contributed by atoms with Crippen LogP contribution in [0.4, 0.5) is 23.0 Å². The Balaban J connectivity index is 1.85. The molecule has 1 aliphatic rings. The molecule has 28 heavy (non-hydrogen) atoms. The number of rotatable bonds is 3. The number of nitrogens with zero attached hydrogens (tertiary/aromatic N) is 5. The van der Waals surface area contributed by atoms with Gasteiger partial charge in [-0.1, -0.05) is 42.5 Å². The summed E-state index contributed by atoms with van der Waals surface area (Å²) < 4.78 is 1.87. The zero-order valence-corrected chi connectivity index (χ0v) is 15.2. The van der Waals surface area contributed by atoms with E-state index in [-0.39, 0.29) is 5.78 Å². The average Bonchev–Trinajstić information content (AvgIpc) is 3.23. The monoisotopic (exact) mass is 367 g/mol. The lowest BCUT2D eigenvalue weighted by molar-refractivity contribution is 0.101. The molecule has 0 radical (unpaired) electrons. The quantitative estimate of drug-likeness (QED) is 0.492. The van der Waals surface area contributed by atoms with E-state index in [0.29, 0.717) is 11.5 Å². The molecule has 1 aliphatic heterocycles. The minimum absolute atomic E-state index is 0.00215. The molecular formula is C22H17N5O. The molecule has 0 fully saturated rings. The van der Waals surface area contributed by atoms with Crippen LogP contribution in [0.15, 0.2) is 85.2 Å². The number of fused-ring (bicyclic) bond motifs is 3. The summed E-state index contributed by atoms with van der Waals surface area (Å²) >= 11 is 0. The lowest BCUT2D eigenvalue weighted by Crippen LogP contribution is -2.41. The fourth-order valence-corrected chi connectivity index (χ4v) is 3.59. The summed E-state index contributed by atoms with van der Waals surface area (Å²) in [5, 5.41) is 12.6. The van der Waals surface area contributed by atoms with Gasteiger partial charge >= 0.3 is 0 Å². The third-order valence-electron chi connectivity index (χ3n) is 4.78. The second-order valence-corrected chi connectivity index (χ2v) is 6.53. The Morgan fingerprint density at radius 2 is 1.43 bits per heavy atom. The van der Waals surface area contributed by atoms with Gasteiger partial charge in [0, 0.05) is 5.56 Å². The molecule has 6 nitrogen and oxygen atoms in total. The van der Waals surface area contributed by atoms with Crippen LogP contribution < -0.4 is 10.0 Å². The number of Topliss-reactive ketones (excluding diaryl/α,β-unsaturated/α-hetero) is 1. The van der Waals surface area contributed by atoms with Gasteiger partial charge in [-0.05, 0) is 43.3 Å². The smallest absolute Gasteiger partial charge is 0.255 e. The van der Waals surface area contributed by atoms with E-state index < -0.39 is 0 Å². The van der Waals surface area contributed by atoms with Gasteiger partial charge in [0.2, 0.25) is 0 Å². The number of para-hydroxylation sites is 3. The van der Waals surface area contributed by atoms with Gasteiger partial charge < -0.3 is 0 Å². The van der Waals surface area contributed by atoms with E-state index in [0.717, 1.165) is 22.7 Å². The van der Waals surface area contributed by atoms with Crippen molar-refractivity contribution in [3.05, 3.63) is 90.8 Å². The van der Waals surface area contributed by atoms with Gasteiger partial charge in [0.1, 0.15) is 6.33 Å². The van der Waals surface area contributed by atoms with E-state index in [9.17, 15) is 4.79 Å². The summed E-state index contributed by atoms with van der Waals surface area (Å²) in [6.45, 7) is 1.58. The number of carbonyl (C=O) groups excluding carboxylic acids is 1. The van der Waals surface area contributed by atoms with E-state index in [1.54, 1.807) is 13.3 Å². The first-order chi connectivity index (χ1) is 13.8. The predicted molar refractivity (Wildman–Crippen MR) is 109 cm³/mol. The Morgan fingerprint density at radius 3 is 2.07 bits per heavy atom. The molecule has 2 heterocycles. The summed E-state index contributed by atoms with van der Waals surface area (Å²) in [5.74, 6) is 0.619. The first kappa shape index (κ1) is 16.3. The zero-order chi connectivity index (χ0) is 19.1. The number of anilines is 4. The second-order valence-electron chi connectivity index (χ2n) is 6.53. The van der Waals surface area contributed by atoms with Gasteiger partial charge in [-0.15, -0.1) is 10.2 Å². The number of benzene rings is 3. The normalized spacial score (nSPS) is 12.5. The SMILES string of the molecule is CC(=O)c1cccc2c1-n1cnnc1N(c1ccccc1)N2c1ccccc1. The topological polar surface area (TPSA) is 54.3 Å². The van der Waals surface area contributed by atoms with Crippen LogP contribution in [0.3, 0.4) is 0 Å². The molecule has 0 unspecified atom stereocenters. The van der Waals surface area contributed by atoms with Crippen LogP contribution in [0.5, 0.6) is 0 Å². The van der Waals surface area contributed by atoms with Crippen molar-refractivity contribution in [3.63, 3.8) is 0 Å². The van der Waals surface area contributed by atoms with Crippen LogP contribution in [0.25, 0.3) is 5.69 Å². The Hall–Kier alpha value is -3.93. The molecule has 0 saturated carbocycles. The molecule has 0 spiro atoms. The molecule has 0 aliphatic carbocycles. The van der Waals surface area contributed by atoms with Crippen molar-refractivity contribution in [2.24, 2.45) is 0 Å². The maximum atomic E-state index is 12.4. The third-order valence-corrected chi connectivity index (χ3v) is 4.78. The fraction of sp³-hybridized carbons (Fsp3) is 0.0455. The summed E-state index contributed by atoms with van der Waals surface area (Å²) in [7, 11) is 0. The number of ketones is 1. The predicted octanol–water partition coefficient (Wildman–Crippen LogP) is 4.67. The number of hydrogen-bond donors (Lipinski definition) is 0. The van der Waals surface area contributed by atoms with Crippen molar-refractivity contribution >= 4 is 28.8 Å². The lowest BCUT2D eigenvalue weighted by Gasteiger charge is -2.41. The van der Waals surface area contributed by atoms with Crippen LogP contribution in [0, 0.1) is 0 Å². The molecular weight excluding hydrogens is 350 g/mol. The van der Waals surface area contributed by atoms with E-state index in [2.05, 4.69) is 15.2 Å². The van der Waals surface area contributed by atoms with E-state index in [1.807, 2.05) is 88.4 Å². The number of hydrogen-bond acceptors (Lipinski definition) is 5. The van der Waals surface area contributed by atoms with Crippen molar-refractivity contribution in [2.45, 2.75) is 6.92 Å². The minimum atomic E-state index is -0.00215. The average molecular weight is 367 g/mol. The van der Waals surface area contributed by atoms with Crippen LogP contribution in [0.2, 0.25) is 0 Å². The number of carbonyl (C=O) groups is 1. The molecule has 0 atom stereocenters. The van der Waals surface area contributed by atoms with Crippen LogP contribution in [-0.2, 0) is 0 Å². The van der Waals surface area contributed by atoms with E-state index >= 15 is 0 Å². The minimum Gasteiger partial charge on any atom is -0.294 e. The lowest BCUT2D eigenvalue weighted by atomic mass is 10.1. The Kier molecular flexibility index (Phi) is 3.69. The van der Waals surface area contributed by atoms with Gasteiger partial charge in [0.05, 0.1) is 22.7 Å². The molecule has 0 bridgehead atoms. The van der Waals surface area contributed by atoms with Crippen molar-refractivity contribution in [1.29, 1.82) is 0 Å².